The van der Waals surface area contributed by atoms with Crippen molar-refractivity contribution in [1.82, 2.24) is 9.21 Å². The van der Waals surface area contributed by atoms with E-state index in [-0.39, 0.29) is 5.91 Å². The van der Waals surface area contributed by atoms with Gasteiger partial charge in [-0.15, -0.1) is 11.3 Å². The van der Waals surface area contributed by atoms with E-state index in [2.05, 4.69) is 11.4 Å². The molecule has 21 heavy (non-hydrogen) atoms. The number of fused-ring (bicyclic) bond motifs is 1. The first-order chi connectivity index (χ1) is 9.97. The van der Waals surface area contributed by atoms with Crippen LogP contribution in [0.25, 0.3) is 0 Å². The molecule has 0 bridgehead atoms. The number of carbonyl (C=O) groups is 1. The maximum atomic E-state index is 12.8. The highest BCUT2D eigenvalue weighted by Crippen LogP contribution is 2.27. The summed E-state index contributed by atoms with van der Waals surface area (Å²) in [6, 6.07) is 1.56. The zero-order valence-electron chi connectivity index (χ0n) is 12.1. The van der Waals surface area contributed by atoms with Crippen LogP contribution >= 0.6 is 11.3 Å². The van der Waals surface area contributed by atoms with Crippen LogP contribution in [0.3, 0.4) is 0 Å². The molecular weight excluding hydrogens is 308 g/mol. The molecule has 0 N–H and O–H groups in total. The van der Waals surface area contributed by atoms with E-state index in [9.17, 15) is 13.2 Å². The topological polar surface area (TPSA) is 57.7 Å². The van der Waals surface area contributed by atoms with E-state index >= 15 is 0 Å². The number of rotatable bonds is 2. The lowest BCUT2D eigenvalue weighted by atomic mass is 10.0. The lowest BCUT2D eigenvalue weighted by Gasteiger charge is -2.37. The van der Waals surface area contributed by atoms with Crippen molar-refractivity contribution in [3.05, 3.63) is 21.9 Å². The van der Waals surface area contributed by atoms with Crippen LogP contribution in [0.1, 0.15) is 29.7 Å². The monoisotopic (exact) mass is 328 g/mol. The van der Waals surface area contributed by atoms with E-state index in [1.807, 2.05) is 4.90 Å². The molecule has 5 nitrogen and oxygen atoms in total. The smallest absolute Gasteiger partial charge is 0.241 e. The Balaban J connectivity index is 1.78. The summed E-state index contributed by atoms with van der Waals surface area (Å²) >= 11 is 1.74. The Labute approximate surface area is 129 Å². The van der Waals surface area contributed by atoms with Gasteiger partial charge in [0, 0.05) is 24.5 Å². The number of amides is 1. The molecule has 1 unspecified atom stereocenters. The van der Waals surface area contributed by atoms with Gasteiger partial charge in [0.15, 0.2) is 0 Å². The number of hydrogen-bond donors (Lipinski definition) is 0. The van der Waals surface area contributed by atoms with Crippen LogP contribution in [0.5, 0.6) is 0 Å². The Morgan fingerprint density at radius 3 is 2.90 bits per heavy atom. The van der Waals surface area contributed by atoms with Gasteiger partial charge in [-0.05, 0) is 36.3 Å². The average molecular weight is 328 g/mol. The molecule has 2 aliphatic heterocycles. The molecule has 1 fully saturated rings. The molecule has 0 radical (unpaired) electrons. The molecule has 7 heteroatoms. The predicted octanol–water partition coefficient (Wildman–Crippen LogP) is 1.45. The van der Waals surface area contributed by atoms with Gasteiger partial charge < -0.3 is 4.90 Å². The first-order valence-corrected chi connectivity index (χ1v) is 10.0. The van der Waals surface area contributed by atoms with Crippen LogP contribution < -0.4 is 0 Å². The highest BCUT2D eigenvalue weighted by atomic mass is 32.2. The van der Waals surface area contributed by atoms with Crippen LogP contribution in [-0.4, -0.2) is 48.9 Å². The molecule has 1 saturated heterocycles. The minimum absolute atomic E-state index is 0.0306. The summed E-state index contributed by atoms with van der Waals surface area (Å²) in [6.07, 6.45) is 4.47. The van der Waals surface area contributed by atoms with E-state index < -0.39 is 16.1 Å². The molecule has 0 aliphatic carbocycles. The molecule has 3 rings (SSSR count). The molecule has 3 heterocycles. The van der Waals surface area contributed by atoms with E-state index in [1.54, 1.807) is 11.3 Å². The van der Waals surface area contributed by atoms with E-state index in [0.29, 0.717) is 26.1 Å². The molecular formula is C14H20N2O3S2. The van der Waals surface area contributed by atoms with Crippen molar-refractivity contribution < 1.29 is 13.2 Å². The number of thiophene rings is 1. The number of hydrogen-bond acceptors (Lipinski definition) is 4. The van der Waals surface area contributed by atoms with Crippen molar-refractivity contribution >= 4 is 27.3 Å². The van der Waals surface area contributed by atoms with Gasteiger partial charge in [-0.1, -0.05) is 6.42 Å². The fourth-order valence-electron chi connectivity index (χ4n) is 3.20. The molecule has 1 aromatic rings. The van der Waals surface area contributed by atoms with Gasteiger partial charge >= 0.3 is 0 Å². The summed E-state index contributed by atoms with van der Waals surface area (Å²) in [5, 5.41) is 2.06. The SMILES string of the molecule is CS(=O)(=O)N1CCCCC1C(=O)N1CCc2sccc2C1. The summed E-state index contributed by atoms with van der Waals surface area (Å²) in [5.41, 5.74) is 1.21. The Bertz CT molecular complexity index is 638. The maximum absolute atomic E-state index is 12.8. The van der Waals surface area contributed by atoms with Crippen molar-refractivity contribution in [2.24, 2.45) is 0 Å². The fourth-order valence-corrected chi connectivity index (χ4v) is 5.20. The molecule has 0 spiro atoms. The average Bonchev–Trinajstić information content (AvgIpc) is 2.93. The van der Waals surface area contributed by atoms with Gasteiger partial charge in [-0.3, -0.25) is 4.79 Å². The van der Waals surface area contributed by atoms with Gasteiger partial charge in [0.05, 0.1) is 6.26 Å². The van der Waals surface area contributed by atoms with E-state index in [4.69, 9.17) is 0 Å². The lowest BCUT2D eigenvalue weighted by molar-refractivity contribution is -0.137. The van der Waals surface area contributed by atoms with Gasteiger partial charge in [0.1, 0.15) is 6.04 Å². The van der Waals surface area contributed by atoms with E-state index in [0.717, 1.165) is 19.3 Å². The second kappa shape index (κ2) is 5.70. The molecule has 116 valence electrons. The van der Waals surface area contributed by atoms with Crippen LogP contribution in [-0.2, 0) is 27.8 Å². The van der Waals surface area contributed by atoms with Crippen LogP contribution in [0.15, 0.2) is 11.4 Å². The van der Waals surface area contributed by atoms with E-state index in [1.165, 1.54) is 21.0 Å². The van der Waals surface area contributed by atoms with Gasteiger partial charge in [-0.25, -0.2) is 8.42 Å². The Kier molecular flexibility index (Phi) is 4.07. The van der Waals surface area contributed by atoms with Crippen molar-refractivity contribution in [3.8, 4) is 0 Å². The highest BCUT2D eigenvalue weighted by Gasteiger charge is 2.37. The minimum atomic E-state index is -3.32. The van der Waals surface area contributed by atoms with Crippen LogP contribution in [0.2, 0.25) is 0 Å². The number of carbonyl (C=O) groups excluding carboxylic acids is 1. The number of nitrogens with zero attached hydrogens (tertiary/aromatic N) is 2. The number of sulfonamides is 1. The highest BCUT2D eigenvalue weighted by molar-refractivity contribution is 7.88. The lowest BCUT2D eigenvalue weighted by Crippen LogP contribution is -2.53. The number of piperidine rings is 1. The Hall–Kier alpha value is -0.920. The molecule has 1 amide bonds. The van der Waals surface area contributed by atoms with Crippen molar-refractivity contribution in [3.63, 3.8) is 0 Å². The third-order valence-corrected chi connectivity index (χ3v) is 6.60. The summed E-state index contributed by atoms with van der Waals surface area (Å²) in [5.74, 6) is -0.0306. The van der Waals surface area contributed by atoms with Gasteiger partial charge in [0.25, 0.3) is 0 Å². The molecule has 2 aliphatic rings. The fraction of sp³-hybridized carbons (Fsp3) is 0.643. The molecule has 0 aromatic carbocycles. The summed E-state index contributed by atoms with van der Waals surface area (Å²) in [4.78, 5) is 15.9. The quantitative estimate of drug-likeness (QED) is 0.825. The third-order valence-electron chi connectivity index (χ3n) is 4.28. The first-order valence-electron chi connectivity index (χ1n) is 7.27. The molecule has 0 saturated carbocycles. The standard InChI is InChI=1S/C14H20N2O3S2/c1-21(18,19)16-7-3-2-4-12(16)14(17)15-8-5-13-11(10-15)6-9-20-13/h6,9,12H,2-5,7-8,10H2,1H3. The molecule has 1 aromatic heterocycles. The van der Waals surface area contributed by atoms with Crippen LogP contribution in [0, 0.1) is 0 Å². The summed E-state index contributed by atoms with van der Waals surface area (Å²) in [7, 11) is -3.32. The first kappa shape index (κ1) is 15.0. The third kappa shape index (κ3) is 3.00. The minimum Gasteiger partial charge on any atom is -0.337 e. The Morgan fingerprint density at radius 1 is 1.33 bits per heavy atom. The second-order valence-corrected chi connectivity index (χ2v) is 8.70. The Morgan fingerprint density at radius 2 is 2.14 bits per heavy atom. The molecule has 1 atom stereocenters. The zero-order valence-corrected chi connectivity index (χ0v) is 13.8. The maximum Gasteiger partial charge on any atom is 0.241 e. The summed E-state index contributed by atoms with van der Waals surface area (Å²) in [6.45, 7) is 1.78. The van der Waals surface area contributed by atoms with Crippen LogP contribution in [0.4, 0.5) is 0 Å². The van der Waals surface area contributed by atoms with Gasteiger partial charge in [-0.2, -0.15) is 4.31 Å². The van der Waals surface area contributed by atoms with Gasteiger partial charge in [0.2, 0.25) is 15.9 Å². The normalized spacial score (nSPS) is 23.9. The predicted molar refractivity (Wildman–Crippen MR) is 82.6 cm³/mol. The van der Waals surface area contributed by atoms with Crippen molar-refractivity contribution in [1.29, 1.82) is 0 Å². The van der Waals surface area contributed by atoms with Crippen molar-refractivity contribution in [2.45, 2.75) is 38.3 Å². The van der Waals surface area contributed by atoms with Crippen molar-refractivity contribution in [2.75, 3.05) is 19.3 Å². The zero-order chi connectivity index (χ0) is 15.0. The second-order valence-electron chi connectivity index (χ2n) is 5.76. The largest absolute Gasteiger partial charge is 0.337 e. The summed E-state index contributed by atoms with van der Waals surface area (Å²) < 4.78 is 25.2.